The molecule has 0 bridgehead atoms. The lowest BCUT2D eigenvalue weighted by atomic mass is 10.0. The minimum atomic E-state index is 0.595. The van der Waals surface area contributed by atoms with Gasteiger partial charge in [0.2, 0.25) is 0 Å². The second kappa shape index (κ2) is 6.08. The molecule has 0 saturated carbocycles. The van der Waals surface area contributed by atoms with E-state index in [4.69, 9.17) is 0 Å². The molecule has 2 heteroatoms. The van der Waals surface area contributed by atoms with E-state index in [-0.39, 0.29) is 0 Å². The molecule has 2 nitrogen and oxygen atoms in total. The molecular weight excluding hydrogens is 136 g/mol. The Morgan fingerprint density at radius 3 is 2.64 bits per heavy atom. The normalized spacial score (nSPS) is 15.8. The van der Waals surface area contributed by atoms with Gasteiger partial charge in [-0.25, -0.2) is 4.99 Å². The van der Waals surface area contributed by atoms with E-state index in [1.54, 1.807) is 13.4 Å². The lowest BCUT2D eigenvalue weighted by Gasteiger charge is -2.07. The summed E-state index contributed by atoms with van der Waals surface area (Å²) in [4.78, 5) is 7.99. The van der Waals surface area contributed by atoms with E-state index in [2.05, 4.69) is 30.8 Å². The van der Waals surface area contributed by atoms with Crippen molar-refractivity contribution >= 4 is 12.1 Å². The summed E-state index contributed by atoms with van der Waals surface area (Å²) >= 11 is 0. The van der Waals surface area contributed by atoms with E-state index < -0.39 is 0 Å². The monoisotopic (exact) mass is 154 g/mol. The van der Waals surface area contributed by atoms with Gasteiger partial charge < -0.3 is 0 Å². The highest BCUT2D eigenvalue weighted by Gasteiger charge is 2.02. The fourth-order valence-electron chi connectivity index (χ4n) is 0.918. The molecule has 1 atom stereocenters. The van der Waals surface area contributed by atoms with Gasteiger partial charge in [0, 0.05) is 12.8 Å². The van der Waals surface area contributed by atoms with Gasteiger partial charge in [-0.15, -0.1) is 0 Å². The lowest BCUT2D eigenvalue weighted by molar-refractivity contribution is 0.665. The number of aliphatic imine (C=N–C) groups is 2. The molecule has 0 heterocycles. The predicted octanol–water partition coefficient (Wildman–Crippen LogP) is 2.54. The van der Waals surface area contributed by atoms with Gasteiger partial charge in [-0.3, -0.25) is 4.99 Å². The Morgan fingerprint density at radius 2 is 2.18 bits per heavy atom. The van der Waals surface area contributed by atoms with Crippen LogP contribution >= 0.6 is 0 Å². The van der Waals surface area contributed by atoms with Crippen LogP contribution < -0.4 is 0 Å². The van der Waals surface area contributed by atoms with E-state index in [0.717, 1.165) is 0 Å². The standard InChI is InChI=1S/C9H18N2/c1-5-6-8(2)9(3)11-7-10-4/h7-8H,5-6H2,1-4H3. The first-order valence-electron chi connectivity index (χ1n) is 4.17. The number of rotatable bonds is 4. The van der Waals surface area contributed by atoms with Gasteiger partial charge in [0.15, 0.2) is 0 Å². The topological polar surface area (TPSA) is 24.7 Å². The summed E-state index contributed by atoms with van der Waals surface area (Å²) in [6.45, 7) is 6.45. The Hall–Kier alpha value is -0.660. The highest BCUT2D eigenvalue weighted by molar-refractivity contribution is 5.90. The molecule has 0 aromatic carbocycles. The van der Waals surface area contributed by atoms with Crippen LogP contribution in [-0.2, 0) is 0 Å². The van der Waals surface area contributed by atoms with Crippen molar-refractivity contribution < 1.29 is 0 Å². The zero-order valence-corrected chi connectivity index (χ0v) is 7.96. The third-order valence-corrected chi connectivity index (χ3v) is 1.81. The Balaban J connectivity index is 3.89. The quantitative estimate of drug-likeness (QED) is 0.439. The molecular formula is C9H18N2. The molecule has 64 valence electrons. The van der Waals surface area contributed by atoms with E-state index in [1.165, 1.54) is 18.6 Å². The van der Waals surface area contributed by atoms with Gasteiger partial charge >= 0.3 is 0 Å². The van der Waals surface area contributed by atoms with Crippen LogP contribution in [0, 0.1) is 5.92 Å². The number of hydrogen-bond donors (Lipinski definition) is 0. The zero-order valence-electron chi connectivity index (χ0n) is 7.96. The van der Waals surface area contributed by atoms with Crippen molar-refractivity contribution in [2.45, 2.75) is 33.6 Å². The molecule has 0 N–H and O–H groups in total. The molecule has 0 amide bonds. The first-order valence-corrected chi connectivity index (χ1v) is 4.17. The smallest absolute Gasteiger partial charge is 0.109 e. The largest absolute Gasteiger partial charge is 0.277 e. The van der Waals surface area contributed by atoms with E-state index in [0.29, 0.717) is 5.92 Å². The van der Waals surface area contributed by atoms with Gasteiger partial charge in [-0.05, 0) is 19.3 Å². The van der Waals surface area contributed by atoms with Crippen LogP contribution in [0.15, 0.2) is 9.98 Å². The highest BCUT2D eigenvalue weighted by atomic mass is 14.8. The molecule has 11 heavy (non-hydrogen) atoms. The minimum Gasteiger partial charge on any atom is -0.277 e. The second-order valence-electron chi connectivity index (χ2n) is 2.83. The third-order valence-electron chi connectivity index (χ3n) is 1.81. The first-order chi connectivity index (χ1) is 5.22. The maximum Gasteiger partial charge on any atom is 0.109 e. The van der Waals surface area contributed by atoms with Gasteiger partial charge in [-0.2, -0.15) is 0 Å². The average Bonchev–Trinajstić information content (AvgIpc) is 2.00. The number of nitrogens with zero attached hydrogens (tertiary/aromatic N) is 2. The van der Waals surface area contributed by atoms with Gasteiger partial charge in [-0.1, -0.05) is 20.3 Å². The molecule has 0 radical (unpaired) electrons. The van der Waals surface area contributed by atoms with Crippen LogP contribution in [0.2, 0.25) is 0 Å². The summed E-state index contributed by atoms with van der Waals surface area (Å²) in [5.41, 5.74) is 1.18. The summed E-state index contributed by atoms with van der Waals surface area (Å²) in [5.74, 6) is 0.595. The summed E-state index contributed by atoms with van der Waals surface area (Å²) in [5, 5.41) is 0. The Labute approximate surface area is 69.4 Å². The van der Waals surface area contributed by atoms with Crippen LogP contribution in [0.25, 0.3) is 0 Å². The minimum absolute atomic E-state index is 0.595. The molecule has 0 aromatic rings. The zero-order chi connectivity index (χ0) is 8.69. The fourth-order valence-corrected chi connectivity index (χ4v) is 0.918. The molecule has 0 aliphatic heterocycles. The first kappa shape index (κ1) is 10.3. The Bertz CT molecular complexity index is 148. The fraction of sp³-hybridized carbons (Fsp3) is 0.778. The van der Waals surface area contributed by atoms with Crippen LogP contribution in [-0.4, -0.2) is 19.1 Å². The van der Waals surface area contributed by atoms with Crippen molar-refractivity contribution in [3.05, 3.63) is 0 Å². The summed E-state index contributed by atoms with van der Waals surface area (Å²) in [7, 11) is 1.74. The van der Waals surface area contributed by atoms with Gasteiger partial charge in [0.1, 0.15) is 6.34 Å². The molecule has 0 aliphatic carbocycles. The second-order valence-corrected chi connectivity index (χ2v) is 2.83. The van der Waals surface area contributed by atoms with Crippen LogP contribution in [0.1, 0.15) is 33.6 Å². The predicted molar refractivity (Wildman–Crippen MR) is 51.6 cm³/mol. The maximum atomic E-state index is 4.19. The Morgan fingerprint density at radius 1 is 1.55 bits per heavy atom. The Kier molecular flexibility index (Phi) is 5.71. The number of hydrogen-bond acceptors (Lipinski definition) is 1. The molecule has 0 spiro atoms. The van der Waals surface area contributed by atoms with Crippen LogP contribution in [0.3, 0.4) is 0 Å². The van der Waals surface area contributed by atoms with Crippen LogP contribution in [0.5, 0.6) is 0 Å². The van der Waals surface area contributed by atoms with E-state index >= 15 is 0 Å². The van der Waals surface area contributed by atoms with E-state index in [9.17, 15) is 0 Å². The maximum absolute atomic E-state index is 4.19. The summed E-state index contributed by atoms with van der Waals surface area (Å²) in [6, 6.07) is 0. The van der Waals surface area contributed by atoms with Crippen molar-refractivity contribution in [2.24, 2.45) is 15.9 Å². The highest BCUT2D eigenvalue weighted by Crippen LogP contribution is 2.06. The summed E-state index contributed by atoms with van der Waals surface area (Å²) < 4.78 is 0. The molecule has 0 aliphatic rings. The third kappa shape index (κ3) is 4.71. The molecule has 0 fully saturated rings. The van der Waals surface area contributed by atoms with Crippen LogP contribution in [0.4, 0.5) is 0 Å². The van der Waals surface area contributed by atoms with Crippen molar-refractivity contribution in [2.75, 3.05) is 7.05 Å². The molecule has 0 rings (SSSR count). The van der Waals surface area contributed by atoms with Gasteiger partial charge in [0.25, 0.3) is 0 Å². The SMILES string of the molecule is CCCC(C)C(C)=NC=NC. The average molecular weight is 154 g/mol. The molecule has 0 aromatic heterocycles. The van der Waals surface area contributed by atoms with Crippen molar-refractivity contribution in [3.63, 3.8) is 0 Å². The van der Waals surface area contributed by atoms with Crippen molar-refractivity contribution in [1.29, 1.82) is 0 Å². The van der Waals surface area contributed by atoms with E-state index in [1.807, 2.05) is 0 Å². The van der Waals surface area contributed by atoms with Crippen molar-refractivity contribution in [3.8, 4) is 0 Å². The van der Waals surface area contributed by atoms with Gasteiger partial charge in [0.05, 0.1) is 0 Å². The summed E-state index contributed by atoms with van der Waals surface area (Å²) in [6.07, 6.45) is 4.05. The molecule has 1 unspecified atom stereocenters. The lowest BCUT2D eigenvalue weighted by Crippen LogP contribution is -2.06. The molecule has 0 saturated heterocycles. The van der Waals surface area contributed by atoms with Crippen molar-refractivity contribution in [1.82, 2.24) is 0 Å².